The van der Waals surface area contributed by atoms with Gasteiger partial charge >= 0.3 is 5.97 Å². The highest BCUT2D eigenvalue weighted by Gasteiger charge is 2.36. The van der Waals surface area contributed by atoms with Crippen molar-refractivity contribution in [2.24, 2.45) is 5.92 Å². The molecule has 1 saturated heterocycles. The molecule has 1 aliphatic heterocycles. The number of carbonyl (C=O) groups excluding carboxylic acids is 1. The summed E-state index contributed by atoms with van der Waals surface area (Å²) in [6, 6.07) is 0. The maximum absolute atomic E-state index is 12.5. The molecule has 2 rings (SSSR count). The zero-order valence-corrected chi connectivity index (χ0v) is 14.1. The Hall–Kier alpha value is -1.47. The minimum absolute atomic E-state index is 0.0629. The average molecular weight is 325 g/mol. The maximum Gasteiger partial charge on any atom is 0.317 e. The first-order valence-electron chi connectivity index (χ1n) is 7.49. The first-order valence-corrected chi connectivity index (χ1v) is 8.37. The highest BCUT2D eigenvalue weighted by molar-refractivity contribution is 7.09. The van der Waals surface area contributed by atoms with Gasteiger partial charge in [0.2, 0.25) is 0 Å². The van der Waals surface area contributed by atoms with E-state index in [-0.39, 0.29) is 18.0 Å². The van der Waals surface area contributed by atoms with Crippen LogP contribution in [0.1, 0.15) is 42.7 Å². The molecule has 7 heteroatoms. The van der Waals surface area contributed by atoms with Crippen LogP contribution in [0.3, 0.4) is 0 Å². The Morgan fingerprint density at radius 3 is 2.91 bits per heavy atom. The number of nitrogens with one attached hydrogen (secondary N) is 1. The van der Waals surface area contributed by atoms with Crippen LogP contribution in [0, 0.1) is 5.92 Å². The van der Waals surface area contributed by atoms with Gasteiger partial charge in [-0.25, -0.2) is 4.98 Å². The van der Waals surface area contributed by atoms with Crippen molar-refractivity contribution in [1.29, 1.82) is 0 Å². The predicted molar refractivity (Wildman–Crippen MR) is 85.2 cm³/mol. The molecular formula is C15H23N3O3S. The van der Waals surface area contributed by atoms with Crippen molar-refractivity contribution in [2.75, 3.05) is 19.6 Å². The van der Waals surface area contributed by atoms with E-state index in [9.17, 15) is 9.59 Å². The van der Waals surface area contributed by atoms with Crippen molar-refractivity contribution >= 4 is 23.2 Å². The van der Waals surface area contributed by atoms with Crippen LogP contribution in [-0.2, 0) is 11.2 Å². The van der Waals surface area contributed by atoms with Crippen molar-refractivity contribution in [2.45, 2.75) is 39.2 Å². The third-order valence-corrected chi connectivity index (χ3v) is 4.65. The molecule has 1 amide bonds. The largest absolute Gasteiger partial charge is 0.480 e. The van der Waals surface area contributed by atoms with Gasteiger partial charge in [-0.2, -0.15) is 0 Å². The Morgan fingerprint density at radius 2 is 2.27 bits per heavy atom. The number of aromatic nitrogens is 1. The molecule has 22 heavy (non-hydrogen) atoms. The van der Waals surface area contributed by atoms with E-state index in [1.807, 2.05) is 12.3 Å². The summed E-state index contributed by atoms with van der Waals surface area (Å²) in [5.74, 6) is -0.430. The third-order valence-electron chi connectivity index (χ3n) is 3.78. The number of likely N-dealkylation sites (tertiary alicyclic amines) is 1. The minimum atomic E-state index is -0.885. The first-order chi connectivity index (χ1) is 10.3. The van der Waals surface area contributed by atoms with Gasteiger partial charge in [-0.05, 0) is 19.3 Å². The van der Waals surface area contributed by atoms with Crippen LogP contribution in [0.25, 0.3) is 0 Å². The second kappa shape index (κ2) is 6.75. The maximum atomic E-state index is 12.5. The van der Waals surface area contributed by atoms with Crippen molar-refractivity contribution < 1.29 is 14.7 Å². The van der Waals surface area contributed by atoms with Crippen molar-refractivity contribution in [3.8, 4) is 0 Å². The van der Waals surface area contributed by atoms with Gasteiger partial charge in [0.15, 0.2) is 0 Å². The lowest BCUT2D eigenvalue weighted by Crippen LogP contribution is -2.47. The average Bonchev–Trinajstić information content (AvgIpc) is 3.03. The smallest absolute Gasteiger partial charge is 0.317 e. The molecule has 1 fully saturated rings. The normalized spacial score (nSPS) is 21.5. The highest BCUT2D eigenvalue weighted by Crippen LogP contribution is 2.23. The topological polar surface area (TPSA) is 82.5 Å². The number of carboxylic acid groups (broad SMARTS) is 1. The molecule has 0 aliphatic carbocycles. The Morgan fingerprint density at radius 1 is 1.55 bits per heavy atom. The lowest BCUT2D eigenvalue weighted by Gasteiger charge is -2.25. The standard InChI is InChI=1S/C15H23N3O3S/c1-10(2)6-12-17-11(8-22-12)14(21)18-5-4-15(3,9-18)16-7-13(19)20/h8,10,16H,4-7,9H2,1-3H3,(H,19,20). The predicted octanol–water partition coefficient (Wildman–Crippen LogP) is 1.62. The minimum Gasteiger partial charge on any atom is -0.480 e. The first kappa shape index (κ1) is 16.9. The number of thiazole rings is 1. The van der Waals surface area contributed by atoms with Gasteiger partial charge in [-0.15, -0.1) is 11.3 Å². The van der Waals surface area contributed by atoms with E-state index in [0.717, 1.165) is 17.8 Å². The van der Waals surface area contributed by atoms with E-state index in [1.165, 1.54) is 11.3 Å². The summed E-state index contributed by atoms with van der Waals surface area (Å²) < 4.78 is 0. The molecule has 1 atom stereocenters. The van der Waals surface area contributed by atoms with E-state index in [0.29, 0.717) is 24.7 Å². The van der Waals surface area contributed by atoms with Crippen LogP contribution in [0.15, 0.2) is 5.38 Å². The number of nitrogens with zero attached hydrogens (tertiary/aromatic N) is 2. The number of hydrogen-bond acceptors (Lipinski definition) is 5. The van der Waals surface area contributed by atoms with E-state index < -0.39 is 5.97 Å². The Labute approximate surface area is 134 Å². The summed E-state index contributed by atoms with van der Waals surface area (Å²) in [5, 5.41) is 14.6. The molecular weight excluding hydrogens is 302 g/mol. The molecule has 0 aromatic carbocycles. The van der Waals surface area contributed by atoms with Gasteiger partial charge in [-0.1, -0.05) is 13.8 Å². The molecule has 1 unspecified atom stereocenters. The number of carboxylic acids is 1. The van der Waals surface area contributed by atoms with Gasteiger partial charge in [-0.3, -0.25) is 14.9 Å². The van der Waals surface area contributed by atoms with Gasteiger partial charge in [0.1, 0.15) is 5.69 Å². The lowest BCUT2D eigenvalue weighted by molar-refractivity contribution is -0.136. The summed E-state index contributed by atoms with van der Waals surface area (Å²) in [6.07, 6.45) is 1.63. The lowest BCUT2D eigenvalue weighted by atomic mass is 10.0. The van der Waals surface area contributed by atoms with Gasteiger partial charge in [0, 0.05) is 30.4 Å². The SMILES string of the molecule is CC(C)Cc1nc(C(=O)N2CCC(C)(NCC(=O)O)C2)cs1. The number of carbonyl (C=O) groups is 2. The molecule has 1 aromatic rings. The summed E-state index contributed by atoms with van der Waals surface area (Å²) in [5.41, 5.74) is 0.160. The summed E-state index contributed by atoms with van der Waals surface area (Å²) in [6.45, 7) is 7.25. The van der Waals surface area contributed by atoms with E-state index in [2.05, 4.69) is 24.1 Å². The summed E-state index contributed by atoms with van der Waals surface area (Å²) >= 11 is 1.53. The quantitative estimate of drug-likeness (QED) is 0.830. The molecule has 0 saturated carbocycles. The number of hydrogen-bond donors (Lipinski definition) is 2. The molecule has 2 heterocycles. The van der Waals surface area contributed by atoms with Crippen LogP contribution in [-0.4, -0.2) is 52.0 Å². The van der Waals surface area contributed by atoms with Crippen molar-refractivity contribution in [1.82, 2.24) is 15.2 Å². The molecule has 0 radical (unpaired) electrons. The second-order valence-electron chi connectivity index (χ2n) is 6.51. The van der Waals surface area contributed by atoms with E-state index in [1.54, 1.807) is 4.90 Å². The van der Waals surface area contributed by atoms with Crippen LogP contribution in [0.2, 0.25) is 0 Å². The van der Waals surface area contributed by atoms with Crippen molar-refractivity contribution in [3.05, 3.63) is 16.1 Å². The number of rotatable bonds is 6. The van der Waals surface area contributed by atoms with Crippen LogP contribution >= 0.6 is 11.3 Å². The van der Waals surface area contributed by atoms with Crippen LogP contribution < -0.4 is 5.32 Å². The Kier molecular flexibility index (Phi) is 5.18. The summed E-state index contributed by atoms with van der Waals surface area (Å²) in [7, 11) is 0. The zero-order chi connectivity index (χ0) is 16.3. The molecule has 1 aromatic heterocycles. The molecule has 0 spiro atoms. The van der Waals surface area contributed by atoms with E-state index in [4.69, 9.17) is 5.11 Å². The monoisotopic (exact) mass is 325 g/mol. The number of aliphatic carboxylic acids is 1. The van der Waals surface area contributed by atoms with Crippen molar-refractivity contribution in [3.63, 3.8) is 0 Å². The second-order valence-corrected chi connectivity index (χ2v) is 7.45. The van der Waals surface area contributed by atoms with Crippen LogP contribution in [0.5, 0.6) is 0 Å². The molecule has 1 aliphatic rings. The Bertz CT molecular complexity index is 558. The molecule has 122 valence electrons. The fourth-order valence-electron chi connectivity index (χ4n) is 2.58. The fourth-order valence-corrected chi connectivity index (χ4v) is 3.56. The molecule has 2 N–H and O–H groups in total. The fraction of sp³-hybridized carbons (Fsp3) is 0.667. The van der Waals surface area contributed by atoms with Gasteiger partial charge < -0.3 is 10.0 Å². The summed E-state index contributed by atoms with van der Waals surface area (Å²) in [4.78, 5) is 29.4. The number of amides is 1. The van der Waals surface area contributed by atoms with Gasteiger partial charge in [0.05, 0.1) is 11.6 Å². The van der Waals surface area contributed by atoms with Crippen LogP contribution in [0.4, 0.5) is 0 Å². The van der Waals surface area contributed by atoms with E-state index >= 15 is 0 Å². The highest BCUT2D eigenvalue weighted by atomic mass is 32.1. The molecule has 6 nitrogen and oxygen atoms in total. The zero-order valence-electron chi connectivity index (χ0n) is 13.3. The molecule has 0 bridgehead atoms. The Balaban J connectivity index is 1.96. The third kappa shape index (κ3) is 4.27. The van der Waals surface area contributed by atoms with Gasteiger partial charge in [0.25, 0.3) is 5.91 Å².